The Morgan fingerprint density at radius 2 is 2.12 bits per heavy atom. The Balaban J connectivity index is 2.21. The molecule has 0 aromatic carbocycles. The van der Waals surface area contributed by atoms with Gasteiger partial charge in [-0.15, -0.1) is 0 Å². The third-order valence-corrected chi connectivity index (χ3v) is 3.52. The first-order valence-electron chi connectivity index (χ1n) is 6.46. The number of ketones is 1. The van der Waals surface area contributed by atoms with Crippen LogP contribution in [0.3, 0.4) is 0 Å². The van der Waals surface area contributed by atoms with Crippen LogP contribution in [-0.2, 0) is 13.0 Å². The Bertz CT molecular complexity index is 390. The van der Waals surface area contributed by atoms with Crippen molar-refractivity contribution in [2.45, 2.75) is 58.9 Å². The number of unbranched alkanes of at least 4 members (excludes halogenated alkanes) is 2. The van der Waals surface area contributed by atoms with Gasteiger partial charge < -0.3 is 4.57 Å². The van der Waals surface area contributed by atoms with E-state index in [1.54, 1.807) is 0 Å². The first-order chi connectivity index (χ1) is 7.74. The van der Waals surface area contributed by atoms with Gasteiger partial charge >= 0.3 is 0 Å². The summed E-state index contributed by atoms with van der Waals surface area (Å²) in [6, 6.07) is 2.09. The van der Waals surface area contributed by atoms with Gasteiger partial charge in [-0.05, 0) is 32.3 Å². The quantitative estimate of drug-likeness (QED) is 0.710. The molecule has 0 radical (unpaired) electrons. The molecule has 0 atom stereocenters. The van der Waals surface area contributed by atoms with Gasteiger partial charge in [-0.3, -0.25) is 4.79 Å². The second-order valence-corrected chi connectivity index (χ2v) is 4.78. The van der Waals surface area contributed by atoms with E-state index < -0.39 is 0 Å². The maximum atomic E-state index is 11.8. The first kappa shape index (κ1) is 11.4. The Hall–Kier alpha value is -1.05. The van der Waals surface area contributed by atoms with Crippen LogP contribution in [0.1, 0.15) is 60.8 Å². The van der Waals surface area contributed by atoms with Gasteiger partial charge in [0.15, 0.2) is 5.78 Å². The van der Waals surface area contributed by atoms with E-state index in [2.05, 4.69) is 24.5 Å². The van der Waals surface area contributed by atoms with Crippen molar-refractivity contribution < 1.29 is 4.79 Å². The van der Waals surface area contributed by atoms with E-state index in [0.717, 1.165) is 31.4 Å². The molecule has 16 heavy (non-hydrogen) atoms. The Labute approximate surface area is 97.7 Å². The minimum absolute atomic E-state index is 0.346. The summed E-state index contributed by atoms with van der Waals surface area (Å²) in [5, 5.41) is 0. The molecule has 0 N–H and O–H groups in total. The monoisotopic (exact) mass is 219 g/mol. The molecule has 0 saturated heterocycles. The van der Waals surface area contributed by atoms with Crippen LogP contribution < -0.4 is 0 Å². The molecule has 0 aliphatic heterocycles. The summed E-state index contributed by atoms with van der Waals surface area (Å²) >= 11 is 0. The maximum Gasteiger partial charge on any atom is 0.164 e. The molecule has 1 aliphatic carbocycles. The number of nitrogens with zero attached hydrogens (tertiary/aromatic N) is 1. The molecule has 0 unspecified atom stereocenters. The zero-order valence-corrected chi connectivity index (χ0v) is 10.4. The fraction of sp³-hybridized carbons (Fsp3) is 0.643. The van der Waals surface area contributed by atoms with Crippen LogP contribution in [0.25, 0.3) is 0 Å². The minimum Gasteiger partial charge on any atom is -0.348 e. The molecule has 0 fully saturated rings. The van der Waals surface area contributed by atoms with Gasteiger partial charge in [0, 0.05) is 29.9 Å². The van der Waals surface area contributed by atoms with Crippen LogP contribution in [0.2, 0.25) is 0 Å². The fourth-order valence-corrected chi connectivity index (χ4v) is 2.62. The van der Waals surface area contributed by atoms with E-state index in [9.17, 15) is 4.79 Å². The standard InChI is InChI=1S/C14H21NO/c1-3-4-5-9-15-11(2)10-12-13(15)7-6-8-14(12)16/h10H,3-9H2,1-2H3. The lowest BCUT2D eigenvalue weighted by molar-refractivity contribution is 0.0971. The fourth-order valence-electron chi connectivity index (χ4n) is 2.62. The summed E-state index contributed by atoms with van der Waals surface area (Å²) < 4.78 is 2.36. The van der Waals surface area contributed by atoms with Gasteiger partial charge in [0.2, 0.25) is 0 Å². The second-order valence-electron chi connectivity index (χ2n) is 4.78. The molecule has 0 saturated carbocycles. The summed E-state index contributed by atoms with van der Waals surface area (Å²) in [6.07, 6.45) is 6.62. The largest absolute Gasteiger partial charge is 0.348 e. The molecule has 0 bridgehead atoms. The number of carbonyl (C=O) groups excluding carboxylic acids is 1. The summed E-state index contributed by atoms with van der Waals surface area (Å²) in [5.74, 6) is 0.346. The highest BCUT2D eigenvalue weighted by Gasteiger charge is 2.21. The van der Waals surface area contributed by atoms with Crippen molar-refractivity contribution in [3.05, 3.63) is 23.0 Å². The maximum absolute atomic E-state index is 11.8. The highest BCUT2D eigenvalue weighted by Crippen LogP contribution is 2.25. The molecule has 0 spiro atoms. The predicted octanol–water partition coefficient (Wildman–Crippen LogP) is 3.51. The van der Waals surface area contributed by atoms with Gasteiger partial charge in [0.05, 0.1) is 0 Å². The van der Waals surface area contributed by atoms with Crippen molar-refractivity contribution in [3.8, 4) is 0 Å². The predicted molar refractivity (Wildman–Crippen MR) is 66.0 cm³/mol. The van der Waals surface area contributed by atoms with Gasteiger partial charge in [-0.2, -0.15) is 0 Å². The zero-order chi connectivity index (χ0) is 11.5. The topological polar surface area (TPSA) is 22.0 Å². The number of hydrogen-bond acceptors (Lipinski definition) is 1. The summed E-state index contributed by atoms with van der Waals surface area (Å²) in [5.41, 5.74) is 3.56. The van der Waals surface area contributed by atoms with Gasteiger partial charge in [0.1, 0.15) is 0 Å². The van der Waals surface area contributed by atoms with Crippen LogP contribution >= 0.6 is 0 Å². The van der Waals surface area contributed by atoms with Crippen LogP contribution in [0.4, 0.5) is 0 Å². The highest BCUT2D eigenvalue weighted by molar-refractivity contribution is 5.98. The number of aromatic nitrogens is 1. The highest BCUT2D eigenvalue weighted by atomic mass is 16.1. The summed E-state index contributed by atoms with van der Waals surface area (Å²) in [4.78, 5) is 11.8. The normalized spacial score (nSPS) is 15.2. The molecular formula is C14H21NO. The van der Waals surface area contributed by atoms with Crippen LogP contribution in [0, 0.1) is 6.92 Å². The molecule has 2 heteroatoms. The van der Waals surface area contributed by atoms with E-state index in [1.165, 1.54) is 30.7 Å². The number of fused-ring (bicyclic) bond motifs is 1. The molecule has 1 aliphatic rings. The van der Waals surface area contributed by atoms with Crippen molar-refractivity contribution in [2.24, 2.45) is 0 Å². The van der Waals surface area contributed by atoms with E-state index >= 15 is 0 Å². The second kappa shape index (κ2) is 4.86. The Morgan fingerprint density at radius 1 is 1.31 bits per heavy atom. The summed E-state index contributed by atoms with van der Waals surface area (Å²) in [6.45, 7) is 5.43. The first-order valence-corrected chi connectivity index (χ1v) is 6.46. The number of hydrogen-bond donors (Lipinski definition) is 0. The SMILES string of the molecule is CCCCCn1c(C)cc2c1CCCC2=O. The van der Waals surface area contributed by atoms with Crippen molar-refractivity contribution in [3.63, 3.8) is 0 Å². The average Bonchev–Trinajstić information content (AvgIpc) is 2.58. The lowest BCUT2D eigenvalue weighted by Crippen LogP contribution is -2.13. The van der Waals surface area contributed by atoms with Crippen LogP contribution in [0.5, 0.6) is 0 Å². The number of rotatable bonds is 4. The molecule has 0 amide bonds. The Kier molecular flexibility index (Phi) is 3.47. The molecule has 2 rings (SSSR count). The van der Waals surface area contributed by atoms with E-state index in [1.807, 2.05) is 0 Å². The smallest absolute Gasteiger partial charge is 0.164 e. The molecule has 2 nitrogen and oxygen atoms in total. The van der Waals surface area contributed by atoms with Crippen molar-refractivity contribution in [1.82, 2.24) is 4.57 Å². The van der Waals surface area contributed by atoms with E-state index in [-0.39, 0.29) is 0 Å². The molecule has 1 aromatic rings. The third kappa shape index (κ3) is 2.06. The van der Waals surface area contributed by atoms with Crippen molar-refractivity contribution >= 4 is 5.78 Å². The van der Waals surface area contributed by atoms with Gasteiger partial charge in [-0.25, -0.2) is 0 Å². The lowest BCUT2D eigenvalue weighted by Gasteiger charge is -2.15. The Morgan fingerprint density at radius 3 is 2.88 bits per heavy atom. The number of Topliss-reactive ketones (excluding diaryl/α,β-unsaturated/α-hetero) is 1. The molecule has 1 heterocycles. The molecular weight excluding hydrogens is 198 g/mol. The van der Waals surface area contributed by atoms with E-state index in [0.29, 0.717) is 5.78 Å². The van der Waals surface area contributed by atoms with Gasteiger partial charge in [0.25, 0.3) is 0 Å². The van der Waals surface area contributed by atoms with Crippen molar-refractivity contribution in [1.29, 1.82) is 0 Å². The number of aryl methyl sites for hydroxylation is 1. The zero-order valence-electron chi connectivity index (χ0n) is 10.4. The van der Waals surface area contributed by atoms with E-state index in [4.69, 9.17) is 0 Å². The summed E-state index contributed by atoms with van der Waals surface area (Å²) in [7, 11) is 0. The molecule has 88 valence electrons. The van der Waals surface area contributed by atoms with Crippen molar-refractivity contribution in [2.75, 3.05) is 0 Å². The third-order valence-electron chi connectivity index (χ3n) is 3.52. The lowest BCUT2D eigenvalue weighted by atomic mass is 9.96. The van der Waals surface area contributed by atoms with Crippen LogP contribution in [0.15, 0.2) is 6.07 Å². The molecule has 1 aromatic heterocycles. The van der Waals surface area contributed by atoms with Gasteiger partial charge in [-0.1, -0.05) is 19.8 Å². The average molecular weight is 219 g/mol. The minimum atomic E-state index is 0.346. The van der Waals surface area contributed by atoms with Crippen LogP contribution in [-0.4, -0.2) is 10.4 Å². The number of carbonyl (C=O) groups is 1.